The molecule has 0 bridgehead atoms. The first-order chi connectivity index (χ1) is 26.7. The molecule has 0 spiro atoms. The number of aromatic nitrogens is 5. The van der Waals surface area contributed by atoms with Crippen LogP contribution in [0.4, 0.5) is 0 Å². The molecule has 10 rings (SSSR count). The van der Waals surface area contributed by atoms with Crippen molar-refractivity contribution in [2.75, 3.05) is 0 Å². The molecular weight excluding hydrogens is 659 g/mol. The zero-order chi connectivity index (χ0) is 35.8. The lowest BCUT2D eigenvalue weighted by atomic mass is 9.95. The Labute approximate surface area is 312 Å². The average Bonchev–Trinajstić information content (AvgIpc) is 3.26. The Kier molecular flexibility index (Phi) is 7.73. The molecule has 252 valence electrons. The summed E-state index contributed by atoms with van der Waals surface area (Å²) in [5.41, 5.74) is 10.9. The smallest absolute Gasteiger partial charge is 0.164 e. The molecule has 5 nitrogen and oxygen atoms in total. The summed E-state index contributed by atoms with van der Waals surface area (Å²) in [6, 6.07) is 64.5. The fraction of sp³-hybridized carbons (Fsp3) is 0. The van der Waals surface area contributed by atoms with E-state index in [1.807, 2.05) is 72.8 Å². The van der Waals surface area contributed by atoms with E-state index in [1.165, 1.54) is 0 Å². The molecule has 7 aromatic carbocycles. The van der Waals surface area contributed by atoms with Crippen LogP contribution in [0.1, 0.15) is 0 Å². The number of fused-ring (bicyclic) bond motifs is 5. The Morgan fingerprint density at radius 1 is 0.296 bits per heavy atom. The van der Waals surface area contributed by atoms with Gasteiger partial charge in [-0.15, -0.1) is 0 Å². The van der Waals surface area contributed by atoms with E-state index in [4.69, 9.17) is 24.9 Å². The largest absolute Gasteiger partial charge is 0.247 e. The second-order valence-electron chi connectivity index (χ2n) is 13.3. The minimum absolute atomic E-state index is 0.629. The molecule has 5 heteroatoms. The van der Waals surface area contributed by atoms with E-state index in [0.29, 0.717) is 17.5 Å². The first-order valence-corrected chi connectivity index (χ1v) is 18.0. The van der Waals surface area contributed by atoms with Crippen LogP contribution in [0.5, 0.6) is 0 Å². The van der Waals surface area contributed by atoms with E-state index in [9.17, 15) is 0 Å². The molecule has 0 unspecified atom stereocenters. The predicted molar refractivity (Wildman–Crippen MR) is 221 cm³/mol. The van der Waals surface area contributed by atoms with E-state index in [-0.39, 0.29) is 0 Å². The van der Waals surface area contributed by atoms with E-state index >= 15 is 0 Å². The summed E-state index contributed by atoms with van der Waals surface area (Å²) in [5.74, 6) is 1.92. The zero-order valence-corrected chi connectivity index (χ0v) is 29.1. The van der Waals surface area contributed by atoms with E-state index in [1.54, 1.807) is 0 Å². The quantitative estimate of drug-likeness (QED) is 0.163. The lowest BCUT2D eigenvalue weighted by Crippen LogP contribution is -2.00. The van der Waals surface area contributed by atoms with Crippen LogP contribution >= 0.6 is 0 Å². The maximum absolute atomic E-state index is 5.39. The lowest BCUT2D eigenvalue weighted by Gasteiger charge is -2.14. The Morgan fingerprint density at radius 2 is 0.759 bits per heavy atom. The Hall–Kier alpha value is -7.37. The highest BCUT2D eigenvalue weighted by Crippen LogP contribution is 2.39. The van der Waals surface area contributed by atoms with Gasteiger partial charge in [0.1, 0.15) is 0 Å². The average molecular weight is 690 g/mol. The Balaban J connectivity index is 1.09. The molecule has 0 aliphatic heterocycles. The SMILES string of the molecule is c1ccc(-c2ccc3ccc4c5ccc(-c6ccc(-c7nc(-c8ccccc8)nc(-c8ccccc8)n7)cc6)cc5nc(-c5ccccc5)c4c3n2)cc1. The van der Waals surface area contributed by atoms with Crippen molar-refractivity contribution in [1.82, 2.24) is 24.9 Å². The maximum atomic E-state index is 5.39. The molecule has 3 heterocycles. The molecular formula is C49H31N5. The highest BCUT2D eigenvalue weighted by Gasteiger charge is 2.17. The number of hydrogen-bond donors (Lipinski definition) is 0. The first kappa shape index (κ1) is 31.4. The van der Waals surface area contributed by atoms with Gasteiger partial charge < -0.3 is 0 Å². The summed E-state index contributed by atoms with van der Waals surface area (Å²) in [6.07, 6.45) is 0. The van der Waals surface area contributed by atoms with Crippen LogP contribution in [-0.4, -0.2) is 24.9 Å². The topological polar surface area (TPSA) is 64.5 Å². The predicted octanol–water partition coefficient (Wildman–Crippen LogP) is 12.1. The molecule has 54 heavy (non-hydrogen) atoms. The van der Waals surface area contributed by atoms with Crippen LogP contribution < -0.4 is 0 Å². The highest BCUT2D eigenvalue weighted by molar-refractivity contribution is 6.20. The maximum Gasteiger partial charge on any atom is 0.164 e. The van der Waals surface area contributed by atoms with Gasteiger partial charge in [-0.25, -0.2) is 24.9 Å². The van der Waals surface area contributed by atoms with Crippen molar-refractivity contribution >= 4 is 32.6 Å². The first-order valence-electron chi connectivity index (χ1n) is 18.0. The van der Waals surface area contributed by atoms with Gasteiger partial charge in [-0.1, -0.05) is 176 Å². The van der Waals surface area contributed by atoms with Gasteiger partial charge in [-0.05, 0) is 28.6 Å². The fourth-order valence-corrected chi connectivity index (χ4v) is 7.18. The Bertz CT molecular complexity index is 2890. The molecule has 0 aliphatic rings. The molecule has 0 aliphatic carbocycles. The van der Waals surface area contributed by atoms with Crippen molar-refractivity contribution < 1.29 is 0 Å². The molecule has 0 amide bonds. The third-order valence-electron chi connectivity index (χ3n) is 9.91. The van der Waals surface area contributed by atoms with Crippen molar-refractivity contribution in [3.63, 3.8) is 0 Å². The molecule has 0 fully saturated rings. The van der Waals surface area contributed by atoms with Gasteiger partial charge in [0.25, 0.3) is 0 Å². The normalized spacial score (nSPS) is 11.3. The second kappa shape index (κ2) is 13.3. The monoisotopic (exact) mass is 689 g/mol. The van der Waals surface area contributed by atoms with Crippen LogP contribution in [0.15, 0.2) is 188 Å². The van der Waals surface area contributed by atoms with Crippen LogP contribution in [0.2, 0.25) is 0 Å². The summed E-state index contributed by atoms with van der Waals surface area (Å²) in [6.45, 7) is 0. The summed E-state index contributed by atoms with van der Waals surface area (Å²) in [5, 5.41) is 4.36. The molecule has 0 atom stereocenters. The lowest BCUT2D eigenvalue weighted by molar-refractivity contribution is 1.07. The van der Waals surface area contributed by atoms with Crippen LogP contribution in [0.3, 0.4) is 0 Å². The minimum atomic E-state index is 0.629. The highest BCUT2D eigenvalue weighted by atomic mass is 15.0. The summed E-state index contributed by atoms with van der Waals surface area (Å²) in [4.78, 5) is 25.3. The van der Waals surface area contributed by atoms with Crippen molar-refractivity contribution in [3.05, 3.63) is 188 Å². The van der Waals surface area contributed by atoms with Crippen LogP contribution in [0, 0.1) is 0 Å². The van der Waals surface area contributed by atoms with Crippen molar-refractivity contribution in [2.24, 2.45) is 0 Å². The number of hydrogen-bond acceptors (Lipinski definition) is 5. The molecule has 0 saturated carbocycles. The van der Waals surface area contributed by atoms with Gasteiger partial charge in [-0.2, -0.15) is 0 Å². The standard InChI is InChI=1S/C49H31N5/c1-5-13-33(14-6-1)42-30-27-35-25-29-41-40-28-26-39(31-43(40)51-45(44(41)46(35)50-42)34-15-7-2-8-16-34)32-21-23-38(24-22-32)49-53-47(36-17-9-3-10-18-36)52-48(54-49)37-19-11-4-12-20-37/h1-31H. The molecule has 0 radical (unpaired) electrons. The van der Waals surface area contributed by atoms with Crippen LogP contribution in [0.25, 0.3) is 100 Å². The fourth-order valence-electron chi connectivity index (χ4n) is 7.18. The second-order valence-corrected chi connectivity index (χ2v) is 13.3. The number of benzene rings is 7. The van der Waals surface area contributed by atoms with Crippen molar-refractivity contribution in [1.29, 1.82) is 0 Å². The molecule has 0 saturated heterocycles. The van der Waals surface area contributed by atoms with E-state index in [0.717, 1.165) is 82.9 Å². The van der Waals surface area contributed by atoms with Crippen molar-refractivity contribution in [2.45, 2.75) is 0 Å². The van der Waals surface area contributed by atoms with Gasteiger partial charge in [0.15, 0.2) is 17.5 Å². The molecule has 10 aromatic rings. The number of nitrogens with zero attached hydrogens (tertiary/aromatic N) is 5. The summed E-state index contributed by atoms with van der Waals surface area (Å²) in [7, 11) is 0. The van der Waals surface area contributed by atoms with E-state index in [2.05, 4.69) is 115 Å². The van der Waals surface area contributed by atoms with Crippen molar-refractivity contribution in [3.8, 4) is 67.8 Å². The third kappa shape index (κ3) is 5.74. The van der Waals surface area contributed by atoms with Gasteiger partial charge in [-0.3, -0.25) is 0 Å². The van der Waals surface area contributed by atoms with Gasteiger partial charge in [0.05, 0.1) is 22.4 Å². The Morgan fingerprint density at radius 3 is 1.35 bits per heavy atom. The zero-order valence-electron chi connectivity index (χ0n) is 29.1. The number of pyridine rings is 2. The number of rotatable bonds is 6. The minimum Gasteiger partial charge on any atom is -0.247 e. The molecule has 0 N–H and O–H groups in total. The third-order valence-corrected chi connectivity index (χ3v) is 9.91. The van der Waals surface area contributed by atoms with Gasteiger partial charge >= 0.3 is 0 Å². The van der Waals surface area contributed by atoms with Gasteiger partial charge in [0.2, 0.25) is 0 Å². The molecule has 3 aromatic heterocycles. The van der Waals surface area contributed by atoms with Gasteiger partial charge in [0, 0.05) is 44.0 Å². The summed E-state index contributed by atoms with van der Waals surface area (Å²) < 4.78 is 0. The van der Waals surface area contributed by atoms with Crippen LogP contribution in [-0.2, 0) is 0 Å². The summed E-state index contributed by atoms with van der Waals surface area (Å²) >= 11 is 0. The van der Waals surface area contributed by atoms with E-state index < -0.39 is 0 Å².